The van der Waals surface area contributed by atoms with Crippen LogP contribution in [0.25, 0.3) is 32.7 Å². The summed E-state index contributed by atoms with van der Waals surface area (Å²) in [5, 5.41) is 4.47. The van der Waals surface area contributed by atoms with Gasteiger partial charge in [-0.1, -0.05) is 20.8 Å². The maximum Gasteiger partial charge on any atom is 0.185 e. The minimum atomic E-state index is 0.0312. The highest BCUT2D eigenvalue weighted by Crippen LogP contribution is 2.42. The van der Waals surface area contributed by atoms with E-state index < -0.39 is 0 Å². The topological polar surface area (TPSA) is 30.2 Å². The van der Waals surface area contributed by atoms with Crippen molar-refractivity contribution in [2.75, 3.05) is 0 Å². The zero-order valence-electron chi connectivity index (χ0n) is 20.9. The summed E-state index contributed by atoms with van der Waals surface area (Å²) in [6.45, 7) is 23.7. The first-order valence-corrected chi connectivity index (χ1v) is 11.2. The quantitative estimate of drug-likeness (QED) is 0.216. The van der Waals surface area contributed by atoms with Crippen LogP contribution in [0.3, 0.4) is 0 Å². The summed E-state index contributed by atoms with van der Waals surface area (Å²) in [5.41, 5.74) is 12.3. The Hall–Kier alpha value is -2.61. The molecule has 0 atom stereocenters. The third-order valence-electron chi connectivity index (χ3n) is 7.60. The molecule has 0 bridgehead atoms. The minimum absolute atomic E-state index is 0.0312. The van der Waals surface area contributed by atoms with Crippen molar-refractivity contribution < 1.29 is 4.42 Å². The number of rotatable bonds is 0. The Kier molecular flexibility index (Phi) is 4.67. The van der Waals surface area contributed by atoms with E-state index in [1.807, 2.05) is 13.8 Å². The lowest BCUT2D eigenvalue weighted by atomic mass is 9.78. The van der Waals surface area contributed by atoms with Crippen LogP contribution in [0, 0.1) is 55.4 Å². The average molecular weight is 415 g/mol. The molecule has 4 rings (SSSR count). The third-order valence-corrected chi connectivity index (χ3v) is 7.60. The average Bonchev–Trinajstić information content (AvgIpc) is 2.69. The first-order chi connectivity index (χ1) is 14.3. The lowest BCUT2D eigenvalue weighted by molar-refractivity contribution is 0.577. The van der Waals surface area contributed by atoms with Crippen molar-refractivity contribution >= 4 is 32.7 Å². The number of aryl methyl sites for hydroxylation is 6. The molecule has 4 aromatic rings. The molecule has 0 unspecified atom stereocenters. The molecule has 162 valence electrons. The minimum Gasteiger partial charge on any atom is -0.455 e. The lowest BCUT2D eigenvalue weighted by Crippen LogP contribution is -2.16. The third kappa shape index (κ3) is 2.80. The summed E-state index contributed by atoms with van der Waals surface area (Å²) < 4.78 is 6.83. The largest absolute Gasteiger partial charge is 0.455 e. The maximum atomic E-state index is 12.9. The Morgan fingerprint density at radius 3 is 1.68 bits per heavy atom. The fourth-order valence-electron chi connectivity index (χ4n) is 5.69. The van der Waals surface area contributed by atoms with Crippen molar-refractivity contribution in [2.24, 2.45) is 0 Å². The van der Waals surface area contributed by atoms with Gasteiger partial charge < -0.3 is 4.42 Å². The van der Waals surface area contributed by atoms with Crippen LogP contribution in [-0.2, 0) is 5.41 Å². The summed E-state index contributed by atoms with van der Waals surface area (Å²) >= 11 is 0. The van der Waals surface area contributed by atoms with Crippen molar-refractivity contribution in [2.45, 2.75) is 81.6 Å². The Balaban J connectivity index is 2.38. The van der Waals surface area contributed by atoms with E-state index in [1.165, 1.54) is 38.8 Å². The van der Waals surface area contributed by atoms with Gasteiger partial charge in [-0.2, -0.15) is 0 Å². The van der Waals surface area contributed by atoms with Crippen LogP contribution in [0.1, 0.15) is 70.8 Å². The second-order valence-electron chi connectivity index (χ2n) is 10.4. The summed E-state index contributed by atoms with van der Waals surface area (Å²) in [7, 11) is 0. The monoisotopic (exact) mass is 414 g/mol. The predicted molar refractivity (Wildman–Crippen MR) is 134 cm³/mol. The fourth-order valence-corrected chi connectivity index (χ4v) is 5.69. The molecule has 0 radical (unpaired) electrons. The van der Waals surface area contributed by atoms with E-state index in [0.717, 1.165) is 44.0 Å². The van der Waals surface area contributed by atoms with Crippen molar-refractivity contribution in [3.63, 3.8) is 0 Å². The van der Waals surface area contributed by atoms with Gasteiger partial charge in [0.1, 0.15) is 11.2 Å². The first kappa shape index (κ1) is 21.6. The van der Waals surface area contributed by atoms with Crippen LogP contribution in [-0.4, -0.2) is 0 Å². The fraction of sp³-hybridized carbons (Fsp3) is 0.414. The molecule has 1 heterocycles. The van der Waals surface area contributed by atoms with E-state index in [0.29, 0.717) is 0 Å². The SMILES string of the molecule is Cc1c(C(C)(C)C)c(C)c2oc3c(cc2c1C)c(C)c(C)c1c(C)c(=O)c(C)c(C)c13. The molecule has 0 N–H and O–H groups in total. The Bertz CT molecular complexity index is 1490. The molecule has 0 amide bonds. The molecule has 3 aromatic carbocycles. The molecule has 0 saturated heterocycles. The molecule has 2 nitrogen and oxygen atoms in total. The van der Waals surface area contributed by atoms with Crippen molar-refractivity contribution in [1.29, 1.82) is 0 Å². The van der Waals surface area contributed by atoms with Gasteiger partial charge >= 0.3 is 0 Å². The number of hydrogen-bond acceptors (Lipinski definition) is 2. The summed E-state index contributed by atoms with van der Waals surface area (Å²) in [5.74, 6) is 0. The second kappa shape index (κ2) is 6.69. The van der Waals surface area contributed by atoms with Crippen LogP contribution in [0.5, 0.6) is 0 Å². The van der Waals surface area contributed by atoms with E-state index in [4.69, 9.17) is 4.42 Å². The molecule has 0 spiro atoms. The molecule has 2 heteroatoms. The molecule has 0 saturated carbocycles. The molecule has 0 fully saturated rings. The van der Waals surface area contributed by atoms with Gasteiger partial charge in [-0.15, -0.1) is 0 Å². The van der Waals surface area contributed by atoms with Gasteiger partial charge in [0, 0.05) is 27.3 Å². The highest BCUT2D eigenvalue weighted by atomic mass is 16.3. The standard InChI is InChI=1S/C29H34O2/c1-13-15(3)23-19(7)26(30)18(6)16(4)24(23)28-22(13)12-21-14(2)17(5)25(29(9,10)11)20(8)27(21)31-28/h12H,1-11H3. The normalized spacial score (nSPS) is 12.5. The highest BCUT2D eigenvalue weighted by Gasteiger charge is 2.25. The van der Waals surface area contributed by atoms with Crippen LogP contribution < -0.4 is 5.43 Å². The van der Waals surface area contributed by atoms with Gasteiger partial charge in [-0.25, -0.2) is 0 Å². The van der Waals surface area contributed by atoms with Crippen molar-refractivity contribution in [1.82, 2.24) is 0 Å². The Labute approximate surface area is 185 Å². The zero-order valence-corrected chi connectivity index (χ0v) is 20.9. The summed E-state index contributed by atoms with van der Waals surface area (Å²) in [6.07, 6.45) is 0. The smallest absolute Gasteiger partial charge is 0.185 e. The first-order valence-electron chi connectivity index (χ1n) is 11.2. The molecular formula is C29H34O2. The van der Waals surface area contributed by atoms with Gasteiger partial charge in [0.05, 0.1) is 0 Å². The predicted octanol–water partition coefficient (Wildman–Crippen LogP) is 7.86. The van der Waals surface area contributed by atoms with Gasteiger partial charge in [0.2, 0.25) is 0 Å². The van der Waals surface area contributed by atoms with Gasteiger partial charge in [-0.3, -0.25) is 4.79 Å². The Morgan fingerprint density at radius 1 is 0.581 bits per heavy atom. The van der Waals surface area contributed by atoms with Gasteiger partial charge in [0.15, 0.2) is 5.43 Å². The van der Waals surface area contributed by atoms with Crippen molar-refractivity contribution in [3.8, 4) is 0 Å². The summed E-state index contributed by atoms with van der Waals surface area (Å²) in [4.78, 5) is 12.9. The molecular weight excluding hydrogens is 380 g/mol. The number of hydrogen-bond donors (Lipinski definition) is 0. The lowest BCUT2D eigenvalue weighted by Gasteiger charge is -2.27. The molecule has 1 aromatic heterocycles. The van der Waals surface area contributed by atoms with Gasteiger partial charge in [0.25, 0.3) is 0 Å². The van der Waals surface area contributed by atoms with E-state index in [2.05, 4.69) is 68.4 Å². The van der Waals surface area contributed by atoms with E-state index in [1.54, 1.807) is 0 Å². The molecule has 0 aliphatic carbocycles. The summed E-state index contributed by atoms with van der Waals surface area (Å²) in [6, 6.07) is 2.31. The number of benzene rings is 3. The Morgan fingerprint density at radius 2 is 1.10 bits per heavy atom. The van der Waals surface area contributed by atoms with Crippen LogP contribution in [0.2, 0.25) is 0 Å². The molecule has 0 aliphatic rings. The maximum absolute atomic E-state index is 12.9. The zero-order chi connectivity index (χ0) is 23.2. The number of fused-ring (bicyclic) bond motifs is 4. The van der Waals surface area contributed by atoms with E-state index in [9.17, 15) is 4.79 Å². The molecule has 31 heavy (non-hydrogen) atoms. The van der Waals surface area contributed by atoms with Crippen LogP contribution in [0.15, 0.2) is 15.3 Å². The van der Waals surface area contributed by atoms with E-state index in [-0.39, 0.29) is 10.8 Å². The molecule has 0 aliphatic heterocycles. The van der Waals surface area contributed by atoms with Crippen LogP contribution in [0.4, 0.5) is 0 Å². The van der Waals surface area contributed by atoms with Crippen LogP contribution >= 0.6 is 0 Å². The highest BCUT2D eigenvalue weighted by molar-refractivity contribution is 6.13. The van der Waals surface area contributed by atoms with Crippen molar-refractivity contribution in [3.05, 3.63) is 66.4 Å². The van der Waals surface area contributed by atoms with Gasteiger partial charge in [-0.05, 0) is 111 Å². The second-order valence-corrected chi connectivity index (χ2v) is 10.4. The van der Waals surface area contributed by atoms with E-state index >= 15 is 0 Å².